The number of hydrogen-bond donors (Lipinski definition) is 1. The average Bonchev–Trinajstić information content (AvgIpc) is 2.55. The quantitative estimate of drug-likeness (QED) is 0.792. The molecule has 1 heterocycles. The molecule has 2 aromatic carbocycles. The van der Waals surface area contributed by atoms with E-state index in [4.69, 9.17) is 17.3 Å². The molecule has 3 aromatic rings. The fraction of sp³-hybridized carbons (Fsp3) is 0.222. The minimum atomic E-state index is -0.309. The highest BCUT2D eigenvalue weighted by atomic mass is 35.5. The van der Waals surface area contributed by atoms with Gasteiger partial charge in [0.1, 0.15) is 5.82 Å². The number of nitrogens with two attached hydrogens (primary N) is 1. The second-order valence-corrected chi connectivity index (χ2v) is 5.88. The van der Waals surface area contributed by atoms with Crippen molar-refractivity contribution in [2.75, 3.05) is 0 Å². The van der Waals surface area contributed by atoms with Gasteiger partial charge in [0, 0.05) is 0 Å². The molecule has 0 aliphatic carbocycles. The van der Waals surface area contributed by atoms with Crippen molar-refractivity contribution in [1.29, 1.82) is 0 Å². The van der Waals surface area contributed by atoms with Crippen LogP contribution in [0.3, 0.4) is 0 Å². The van der Waals surface area contributed by atoms with Gasteiger partial charge in [0.05, 0.1) is 27.7 Å². The van der Waals surface area contributed by atoms with Gasteiger partial charge in [-0.1, -0.05) is 49.2 Å². The molecule has 0 fully saturated rings. The number of aromatic nitrogens is 2. The lowest BCUT2D eigenvalue weighted by atomic mass is 10.1. The van der Waals surface area contributed by atoms with Gasteiger partial charge >= 0.3 is 0 Å². The second-order valence-electron chi connectivity index (χ2n) is 5.48. The van der Waals surface area contributed by atoms with Gasteiger partial charge in [0.25, 0.3) is 5.56 Å². The molecule has 23 heavy (non-hydrogen) atoms. The predicted molar refractivity (Wildman–Crippen MR) is 94.2 cm³/mol. The summed E-state index contributed by atoms with van der Waals surface area (Å²) in [5.41, 5.74) is 7.42. The number of rotatable bonds is 4. The SMILES string of the molecule is CCC[C@H](N)c1nc2cccc(Cl)c2c(=O)n1-c1ccccc1. The summed E-state index contributed by atoms with van der Waals surface area (Å²) < 4.78 is 1.58. The molecule has 0 saturated heterocycles. The lowest BCUT2D eigenvalue weighted by molar-refractivity contribution is 0.583. The normalized spacial score (nSPS) is 12.5. The maximum atomic E-state index is 13.1. The fourth-order valence-corrected chi connectivity index (χ4v) is 2.97. The zero-order valence-corrected chi connectivity index (χ0v) is 13.6. The van der Waals surface area contributed by atoms with E-state index in [-0.39, 0.29) is 11.6 Å². The molecular weight excluding hydrogens is 310 g/mol. The Morgan fingerprint density at radius 1 is 1.17 bits per heavy atom. The average molecular weight is 328 g/mol. The van der Waals surface area contributed by atoms with Crippen molar-refractivity contribution in [3.05, 3.63) is 69.7 Å². The van der Waals surface area contributed by atoms with E-state index in [0.717, 1.165) is 18.5 Å². The molecule has 0 saturated carbocycles. The van der Waals surface area contributed by atoms with Crippen LogP contribution in [-0.4, -0.2) is 9.55 Å². The van der Waals surface area contributed by atoms with Crippen LogP contribution < -0.4 is 11.3 Å². The van der Waals surface area contributed by atoms with Crippen LogP contribution in [0.2, 0.25) is 5.02 Å². The molecule has 1 aromatic heterocycles. The van der Waals surface area contributed by atoms with E-state index in [1.807, 2.05) is 30.3 Å². The molecule has 0 unspecified atom stereocenters. The Kier molecular flexibility index (Phi) is 4.46. The van der Waals surface area contributed by atoms with Gasteiger partial charge < -0.3 is 5.73 Å². The third kappa shape index (κ3) is 2.87. The van der Waals surface area contributed by atoms with Gasteiger partial charge in [-0.05, 0) is 30.7 Å². The summed E-state index contributed by atoms with van der Waals surface area (Å²) in [6, 6.07) is 14.4. The van der Waals surface area contributed by atoms with Crippen molar-refractivity contribution in [1.82, 2.24) is 9.55 Å². The van der Waals surface area contributed by atoms with Gasteiger partial charge in [-0.15, -0.1) is 0 Å². The number of hydrogen-bond acceptors (Lipinski definition) is 3. The zero-order valence-electron chi connectivity index (χ0n) is 12.9. The van der Waals surface area contributed by atoms with Crippen molar-refractivity contribution in [2.45, 2.75) is 25.8 Å². The van der Waals surface area contributed by atoms with E-state index in [9.17, 15) is 4.79 Å². The first-order valence-electron chi connectivity index (χ1n) is 7.65. The maximum absolute atomic E-state index is 13.1. The monoisotopic (exact) mass is 327 g/mol. The summed E-state index contributed by atoms with van der Waals surface area (Å²) in [5, 5.41) is 0.825. The Labute approximate surface area is 139 Å². The molecule has 0 amide bonds. The molecule has 0 bridgehead atoms. The maximum Gasteiger partial charge on any atom is 0.267 e. The Morgan fingerprint density at radius 3 is 2.61 bits per heavy atom. The number of para-hydroxylation sites is 1. The number of nitrogens with zero attached hydrogens (tertiary/aromatic N) is 2. The fourth-order valence-electron chi connectivity index (χ4n) is 2.72. The lowest BCUT2D eigenvalue weighted by Gasteiger charge is -2.18. The van der Waals surface area contributed by atoms with E-state index in [0.29, 0.717) is 21.7 Å². The third-order valence-electron chi connectivity index (χ3n) is 3.82. The zero-order chi connectivity index (χ0) is 16.4. The van der Waals surface area contributed by atoms with E-state index >= 15 is 0 Å². The Bertz CT molecular complexity index is 890. The van der Waals surface area contributed by atoms with Crippen LogP contribution in [0.15, 0.2) is 53.3 Å². The van der Waals surface area contributed by atoms with Crippen LogP contribution >= 0.6 is 11.6 Å². The van der Waals surface area contributed by atoms with E-state index in [1.165, 1.54) is 0 Å². The Balaban J connectivity index is 2.38. The van der Waals surface area contributed by atoms with Gasteiger partial charge in [-0.25, -0.2) is 4.98 Å². The summed E-state index contributed by atoms with van der Waals surface area (Å²) in [6.45, 7) is 2.06. The summed E-state index contributed by atoms with van der Waals surface area (Å²) in [7, 11) is 0. The van der Waals surface area contributed by atoms with Gasteiger partial charge in [0.2, 0.25) is 0 Å². The van der Waals surface area contributed by atoms with Crippen molar-refractivity contribution in [2.24, 2.45) is 5.73 Å². The first-order valence-corrected chi connectivity index (χ1v) is 8.03. The highest BCUT2D eigenvalue weighted by molar-refractivity contribution is 6.35. The standard InChI is InChI=1S/C18H18ClN3O/c1-2-7-14(20)17-21-15-11-6-10-13(19)16(15)18(23)22(17)12-8-4-3-5-9-12/h3-6,8-11,14H,2,7,20H2,1H3/t14-/m0/s1. The lowest BCUT2D eigenvalue weighted by Crippen LogP contribution is -2.28. The van der Waals surface area contributed by atoms with E-state index in [2.05, 4.69) is 11.9 Å². The number of fused-ring (bicyclic) bond motifs is 1. The van der Waals surface area contributed by atoms with Crippen LogP contribution in [-0.2, 0) is 0 Å². The Morgan fingerprint density at radius 2 is 1.91 bits per heavy atom. The van der Waals surface area contributed by atoms with Crippen molar-refractivity contribution >= 4 is 22.5 Å². The highest BCUT2D eigenvalue weighted by Crippen LogP contribution is 2.23. The summed E-state index contributed by atoms with van der Waals surface area (Å²) in [4.78, 5) is 17.7. The van der Waals surface area contributed by atoms with Gasteiger partial charge in [-0.2, -0.15) is 0 Å². The summed E-state index contributed by atoms with van der Waals surface area (Å²) in [5.74, 6) is 0.567. The molecule has 0 aliphatic rings. The van der Waals surface area contributed by atoms with Crippen molar-refractivity contribution in [3.63, 3.8) is 0 Å². The number of halogens is 1. The van der Waals surface area contributed by atoms with Crippen LogP contribution in [0.5, 0.6) is 0 Å². The second kappa shape index (κ2) is 6.52. The molecule has 0 aliphatic heterocycles. The van der Waals surface area contributed by atoms with Crippen LogP contribution in [0.25, 0.3) is 16.6 Å². The largest absolute Gasteiger partial charge is 0.321 e. The van der Waals surface area contributed by atoms with E-state index < -0.39 is 0 Å². The van der Waals surface area contributed by atoms with Crippen LogP contribution in [0, 0.1) is 0 Å². The highest BCUT2D eigenvalue weighted by Gasteiger charge is 2.18. The van der Waals surface area contributed by atoms with Crippen LogP contribution in [0.1, 0.15) is 31.6 Å². The minimum absolute atomic E-state index is 0.187. The van der Waals surface area contributed by atoms with Crippen molar-refractivity contribution < 1.29 is 0 Å². The minimum Gasteiger partial charge on any atom is -0.321 e. The van der Waals surface area contributed by atoms with E-state index in [1.54, 1.807) is 22.8 Å². The van der Waals surface area contributed by atoms with Crippen molar-refractivity contribution in [3.8, 4) is 5.69 Å². The predicted octanol–water partition coefficient (Wildman–Crippen LogP) is 3.84. The topological polar surface area (TPSA) is 60.9 Å². The summed E-state index contributed by atoms with van der Waals surface area (Å²) in [6.07, 6.45) is 1.67. The molecular formula is C18H18ClN3O. The van der Waals surface area contributed by atoms with Gasteiger partial charge in [0.15, 0.2) is 0 Å². The third-order valence-corrected chi connectivity index (χ3v) is 4.13. The summed E-state index contributed by atoms with van der Waals surface area (Å²) >= 11 is 6.23. The molecule has 0 radical (unpaired) electrons. The Hall–Kier alpha value is -2.17. The first-order chi connectivity index (χ1) is 11.1. The molecule has 4 nitrogen and oxygen atoms in total. The molecule has 0 spiro atoms. The van der Waals surface area contributed by atoms with Gasteiger partial charge in [-0.3, -0.25) is 9.36 Å². The first kappa shape index (κ1) is 15.7. The molecule has 1 atom stereocenters. The molecule has 3 rings (SSSR count). The molecule has 5 heteroatoms. The molecule has 118 valence electrons. The van der Waals surface area contributed by atoms with Crippen LogP contribution in [0.4, 0.5) is 0 Å². The number of benzene rings is 2. The molecule has 2 N–H and O–H groups in total. The smallest absolute Gasteiger partial charge is 0.267 e.